The summed E-state index contributed by atoms with van der Waals surface area (Å²) in [5.41, 5.74) is -0.730. The van der Waals surface area contributed by atoms with Gasteiger partial charge in [-0.05, 0) is 13.3 Å². The third-order valence-electron chi connectivity index (χ3n) is 2.74. The molecule has 0 spiro atoms. The second kappa shape index (κ2) is 6.63. The van der Waals surface area contributed by atoms with Gasteiger partial charge in [0, 0.05) is 0 Å². The number of carboxylic acids is 1. The molecule has 1 atom stereocenters. The summed E-state index contributed by atoms with van der Waals surface area (Å²) in [6, 6.07) is 0. The predicted molar refractivity (Wildman–Crippen MR) is 59.3 cm³/mol. The number of unbranched alkanes of at least 4 members (excludes halogenated alkanes) is 4. The average molecular weight is 198 g/mol. The molecule has 0 saturated carbocycles. The van der Waals surface area contributed by atoms with Crippen LogP contribution in [0.1, 0.15) is 52.4 Å². The predicted octanol–water partition coefficient (Wildman–Crippen LogP) is 3.62. The molecule has 0 aliphatic rings. The maximum atomic E-state index is 10.9. The van der Waals surface area contributed by atoms with Crippen molar-refractivity contribution in [2.45, 2.75) is 52.4 Å². The Balaban J connectivity index is 3.74. The molecule has 0 aromatic carbocycles. The second-order valence-corrected chi connectivity index (χ2v) is 4.09. The van der Waals surface area contributed by atoms with Crippen LogP contribution in [-0.4, -0.2) is 11.1 Å². The van der Waals surface area contributed by atoms with E-state index in [2.05, 4.69) is 13.5 Å². The highest BCUT2D eigenvalue weighted by Crippen LogP contribution is 2.26. The molecule has 0 amide bonds. The van der Waals surface area contributed by atoms with Gasteiger partial charge in [0.2, 0.25) is 0 Å². The minimum Gasteiger partial charge on any atom is -0.481 e. The highest BCUT2D eigenvalue weighted by Gasteiger charge is 2.28. The van der Waals surface area contributed by atoms with E-state index in [1.807, 2.05) is 0 Å². The van der Waals surface area contributed by atoms with Crippen LogP contribution in [0.3, 0.4) is 0 Å². The molecule has 1 N–H and O–H groups in total. The van der Waals surface area contributed by atoms with Gasteiger partial charge in [-0.25, -0.2) is 0 Å². The van der Waals surface area contributed by atoms with Crippen LogP contribution >= 0.6 is 0 Å². The molecule has 82 valence electrons. The Morgan fingerprint density at radius 1 is 1.36 bits per heavy atom. The average Bonchev–Trinajstić information content (AvgIpc) is 2.17. The fourth-order valence-corrected chi connectivity index (χ4v) is 1.39. The van der Waals surface area contributed by atoms with Crippen LogP contribution in [0.25, 0.3) is 0 Å². The largest absolute Gasteiger partial charge is 0.481 e. The van der Waals surface area contributed by atoms with Crippen LogP contribution in [0.4, 0.5) is 0 Å². The summed E-state index contributed by atoms with van der Waals surface area (Å²) in [5.74, 6) is -0.761. The maximum Gasteiger partial charge on any atom is 0.313 e. The first-order valence-corrected chi connectivity index (χ1v) is 5.44. The summed E-state index contributed by atoms with van der Waals surface area (Å²) in [7, 11) is 0. The molecule has 0 aromatic rings. The zero-order valence-corrected chi connectivity index (χ0v) is 9.38. The SMILES string of the molecule is C=CC(C)(CCCCCCC)C(=O)O. The van der Waals surface area contributed by atoms with E-state index in [0.29, 0.717) is 6.42 Å². The molecule has 14 heavy (non-hydrogen) atoms. The Morgan fingerprint density at radius 3 is 2.36 bits per heavy atom. The summed E-state index contributed by atoms with van der Waals surface area (Å²) in [6.45, 7) is 7.50. The number of hydrogen-bond acceptors (Lipinski definition) is 1. The zero-order valence-electron chi connectivity index (χ0n) is 9.38. The van der Waals surface area contributed by atoms with Gasteiger partial charge >= 0.3 is 5.97 Å². The molecule has 0 saturated heterocycles. The summed E-state index contributed by atoms with van der Waals surface area (Å²) in [6.07, 6.45) is 8.04. The highest BCUT2D eigenvalue weighted by atomic mass is 16.4. The molecule has 2 heteroatoms. The molecule has 0 aliphatic heterocycles. The van der Waals surface area contributed by atoms with Crippen molar-refractivity contribution in [2.75, 3.05) is 0 Å². The molecule has 0 radical (unpaired) electrons. The Kier molecular flexibility index (Phi) is 6.26. The van der Waals surface area contributed by atoms with Gasteiger partial charge in [-0.2, -0.15) is 0 Å². The van der Waals surface area contributed by atoms with Crippen molar-refractivity contribution in [3.05, 3.63) is 12.7 Å². The summed E-state index contributed by atoms with van der Waals surface area (Å²) < 4.78 is 0. The van der Waals surface area contributed by atoms with Crippen molar-refractivity contribution in [1.29, 1.82) is 0 Å². The van der Waals surface area contributed by atoms with Gasteiger partial charge in [0.15, 0.2) is 0 Å². The van der Waals surface area contributed by atoms with E-state index in [-0.39, 0.29) is 0 Å². The third kappa shape index (κ3) is 4.45. The fourth-order valence-electron chi connectivity index (χ4n) is 1.39. The van der Waals surface area contributed by atoms with Gasteiger partial charge in [0.1, 0.15) is 0 Å². The minimum atomic E-state index is -0.761. The van der Waals surface area contributed by atoms with Crippen LogP contribution in [-0.2, 0) is 4.79 Å². The van der Waals surface area contributed by atoms with Gasteiger partial charge in [0.25, 0.3) is 0 Å². The van der Waals surface area contributed by atoms with Crippen LogP contribution in [0, 0.1) is 5.41 Å². The lowest BCUT2D eigenvalue weighted by Gasteiger charge is -2.19. The van der Waals surface area contributed by atoms with E-state index in [4.69, 9.17) is 5.11 Å². The van der Waals surface area contributed by atoms with Crippen LogP contribution in [0.15, 0.2) is 12.7 Å². The quantitative estimate of drug-likeness (QED) is 0.477. The van der Waals surface area contributed by atoms with Crippen molar-refractivity contribution in [3.8, 4) is 0 Å². The molecule has 2 nitrogen and oxygen atoms in total. The van der Waals surface area contributed by atoms with Crippen molar-refractivity contribution < 1.29 is 9.90 Å². The second-order valence-electron chi connectivity index (χ2n) is 4.09. The van der Waals surface area contributed by atoms with Crippen LogP contribution in [0.2, 0.25) is 0 Å². The third-order valence-corrected chi connectivity index (χ3v) is 2.74. The van der Waals surface area contributed by atoms with E-state index in [1.165, 1.54) is 19.3 Å². The van der Waals surface area contributed by atoms with Gasteiger partial charge in [-0.1, -0.05) is 45.1 Å². The highest BCUT2D eigenvalue weighted by molar-refractivity contribution is 5.76. The molecule has 0 heterocycles. The molecule has 0 rings (SSSR count). The van der Waals surface area contributed by atoms with E-state index >= 15 is 0 Å². The van der Waals surface area contributed by atoms with E-state index in [0.717, 1.165) is 12.8 Å². The van der Waals surface area contributed by atoms with Crippen molar-refractivity contribution in [3.63, 3.8) is 0 Å². The molecular formula is C12H22O2. The Morgan fingerprint density at radius 2 is 1.93 bits per heavy atom. The smallest absolute Gasteiger partial charge is 0.313 e. The molecule has 0 aliphatic carbocycles. The van der Waals surface area contributed by atoms with Crippen LogP contribution < -0.4 is 0 Å². The Labute approximate surface area is 87.0 Å². The summed E-state index contributed by atoms with van der Waals surface area (Å²) in [4.78, 5) is 10.9. The van der Waals surface area contributed by atoms with Gasteiger partial charge < -0.3 is 5.11 Å². The normalized spacial score (nSPS) is 14.7. The van der Waals surface area contributed by atoms with E-state index in [1.54, 1.807) is 13.0 Å². The van der Waals surface area contributed by atoms with Gasteiger partial charge in [0.05, 0.1) is 5.41 Å². The fraction of sp³-hybridized carbons (Fsp3) is 0.750. The van der Waals surface area contributed by atoms with E-state index < -0.39 is 11.4 Å². The van der Waals surface area contributed by atoms with E-state index in [9.17, 15) is 4.79 Å². The number of carboxylic acid groups (broad SMARTS) is 1. The van der Waals surface area contributed by atoms with Crippen molar-refractivity contribution >= 4 is 5.97 Å². The zero-order chi connectivity index (χ0) is 11.0. The number of aliphatic carboxylic acids is 1. The first-order chi connectivity index (χ1) is 6.56. The van der Waals surface area contributed by atoms with Crippen molar-refractivity contribution in [2.24, 2.45) is 5.41 Å². The van der Waals surface area contributed by atoms with Gasteiger partial charge in [-0.3, -0.25) is 4.79 Å². The number of carbonyl (C=O) groups is 1. The lowest BCUT2D eigenvalue weighted by atomic mass is 9.85. The number of hydrogen-bond donors (Lipinski definition) is 1. The standard InChI is InChI=1S/C12H22O2/c1-4-6-7-8-9-10-12(3,5-2)11(13)14/h5H,2,4,6-10H2,1,3H3,(H,13,14). The first kappa shape index (κ1) is 13.2. The summed E-state index contributed by atoms with van der Waals surface area (Å²) >= 11 is 0. The van der Waals surface area contributed by atoms with Crippen molar-refractivity contribution in [1.82, 2.24) is 0 Å². The number of rotatable bonds is 8. The topological polar surface area (TPSA) is 37.3 Å². The monoisotopic (exact) mass is 198 g/mol. The summed E-state index contributed by atoms with van der Waals surface area (Å²) in [5, 5.41) is 8.96. The van der Waals surface area contributed by atoms with Gasteiger partial charge in [-0.15, -0.1) is 6.58 Å². The Bertz CT molecular complexity index is 187. The molecule has 0 fully saturated rings. The molecule has 0 aromatic heterocycles. The first-order valence-electron chi connectivity index (χ1n) is 5.44. The minimum absolute atomic E-state index is 0.704. The molecule has 0 bridgehead atoms. The Hall–Kier alpha value is -0.790. The molecular weight excluding hydrogens is 176 g/mol. The molecule has 1 unspecified atom stereocenters. The lowest BCUT2D eigenvalue weighted by molar-refractivity contribution is -0.145. The maximum absolute atomic E-state index is 10.9. The lowest BCUT2D eigenvalue weighted by Crippen LogP contribution is -2.24. The van der Waals surface area contributed by atoms with Crippen LogP contribution in [0.5, 0.6) is 0 Å².